The molecule has 2 rings (SSSR count). The number of aliphatic hydroxyl groups is 1. The fraction of sp³-hybridized carbons (Fsp3) is 0.200. The molecular formula is C15H14BrClO2. The van der Waals surface area contributed by atoms with Gasteiger partial charge in [-0.3, -0.25) is 0 Å². The van der Waals surface area contributed by atoms with E-state index in [2.05, 4.69) is 15.9 Å². The lowest BCUT2D eigenvalue weighted by Crippen LogP contribution is -2.01. The third-order valence-electron chi connectivity index (χ3n) is 2.76. The zero-order valence-electron chi connectivity index (χ0n) is 10.4. The predicted molar refractivity (Wildman–Crippen MR) is 80.6 cm³/mol. The van der Waals surface area contributed by atoms with Crippen LogP contribution in [-0.4, -0.2) is 5.11 Å². The van der Waals surface area contributed by atoms with Crippen molar-refractivity contribution in [3.05, 3.63) is 63.1 Å². The second kappa shape index (κ2) is 6.42. The summed E-state index contributed by atoms with van der Waals surface area (Å²) in [6, 6.07) is 13.1. The molecule has 2 aromatic rings. The van der Waals surface area contributed by atoms with Crippen LogP contribution in [0.4, 0.5) is 0 Å². The fourth-order valence-electron chi connectivity index (χ4n) is 1.75. The van der Waals surface area contributed by atoms with Crippen LogP contribution in [0.3, 0.4) is 0 Å². The van der Waals surface area contributed by atoms with Gasteiger partial charge in [0.25, 0.3) is 0 Å². The van der Waals surface area contributed by atoms with Crippen molar-refractivity contribution in [3.63, 3.8) is 0 Å². The Balaban J connectivity index is 2.18. The Morgan fingerprint density at radius 1 is 1.26 bits per heavy atom. The van der Waals surface area contributed by atoms with Gasteiger partial charge in [-0.1, -0.05) is 45.7 Å². The highest BCUT2D eigenvalue weighted by Gasteiger charge is 2.10. The van der Waals surface area contributed by atoms with Crippen molar-refractivity contribution in [2.24, 2.45) is 0 Å². The molecule has 4 heteroatoms. The van der Waals surface area contributed by atoms with Crippen molar-refractivity contribution >= 4 is 27.5 Å². The Bertz CT molecular complexity index is 570. The number of halogens is 2. The Kier molecular flexibility index (Phi) is 4.86. The average Bonchev–Trinajstić information content (AvgIpc) is 2.38. The molecule has 100 valence electrons. The van der Waals surface area contributed by atoms with E-state index < -0.39 is 6.10 Å². The van der Waals surface area contributed by atoms with E-state index in [0.717, 1.165) is 10.0 Å². The van der Waals surface area contributed by atoms with Gasteiger partial charge in [-0.2, -0.15) is 0 Å². The molecule has 0 amide bonds. The Morgan fingerprint density at radius 2 is 2.00 bits per heavy atom. The van der Waals surface area contributed by atoms with Gasteiger partial charge in [0.2, 0.25) is 0 Å². The highest BCUT2D eigenvalue weighted by atomic mass is 79.9. The minimum absolute atomic E-state index is 0.433. The van der Waals surface area contributed by atoms with Crippen LogP contribution < -0.4 is 4.74 Å². The van der Waals surface area contributed by atoms with Gasteiger partial charge in [-0.05, 0) is 31.2 Å². The molecule has 2 aromatic carbocycles. The lowest BCUT2D eigenvalue weighted by molar-refractivity contribution is 0.190. The maximum absolute atomic E-state index is 9.73. The van der Waals surface area contributed by atoms with E-state index in [-0.39, 0.29) is 0 Å². The SMILES string of the molecule is CC(O)c1cc(Cl)ccc1OCc1ccccc1Br. The van der Waals surface area contributed by atoms with Gasteiger partial charge in [0.15, 0.2) is 0 Å². The van der Waals surface area contributed by atoms with Gasteiger partial charge < -0.3 is 9.84 Å². The summed E-state index contributed by atoms with van der Waals surface area (Å²) < 4.78 is 6.77. The van der Waals surface area contributed by atoms with E-state index in [9.17, 15) is 5.11 Å². The zero-order valence-corrected chi connectivity index (χ0v) is 12.8. The molecule has 1 N–H and O–H groups in total. The van der Waals surface area contributed by atoms with Gasteiger partial charge >= 0.3 is 0 Å². The first-order valence-electron chi connectivity index (χ1n) is 5.91. The predicted octanol–water partition coefficient (Wildman–Crippen LogP) is 4.73. The van der Waals surface area contributed by atoms with E-state index in [1.165, 1.54) is 0 Å². The van der Waals surface area contributed by atoms with E-state index >= 15 is 0 Å². The molecule has 0 aliphatic heterocycles. The summed E-state index contributed by atoms with van der Waals surface area (Å²) in [5.74, 6) is 0.648. The lowest BCUT2D eigenvalue weighted by atomic mass is 10.1. The van der Waals surface area contributed by atoms with Gasteiger partial charge in [0.1, 0.15) is 12.4 Å². The van der Waals surface area contributed by atoms with E-state index in [0.29, 0.717) is 22.9 Å². The molecule has 0 aliphatic carbocycles. The summed E-state index contributed by atoms with van der Waals surface area (Å²) in [6.07, 6.45) is -0.618. The highest BCUT2D eigenvalue weighted by molar-refractivity contribution is 9.10. The van der Waals surface area contributed by atoms with Crippen LogP contribution >= 0.6 is 27.5 Å². The summed E-state index contributed by atoms with van der Waals surface area (Å²) >= 11 is 9.41. The highest BCUT2D eigenvalue weighted by Crippen LogP contribution is 2.29. The molecular weight excluding hydrogens is 328 g/mol. The molecule has 0 saturated carbocycles. The third-order valence-corrected chi connectivity index (χ3v) is 3.77. The molecule has 0 fully saturated rings. The Labute approximate surface area is 126 Å². The maximum atomic E-state index is 9.73. The van der Waals surface area contributed by atoms with Crippen LogP contribution in [0.15, 0.2) is 46.9 Å². The number of ether oxygens (including phenoxy) is 1. The summed E-state index contributed by atoms with van der Waals surface area (Å²) in [6.45, 7) is 2.12. The van der Waals surface area contributed by atoms with Crippen molar-refractivity contribution in [2.75, 3.05) is 0 Å². The normalized spacial score (nSPS) is 12.2. The molecule has 0 bridgehead atoms. The summed E-state index contributed by atoms with van der Waals surface area (Å²) in [4.78, 5) is 0. The maximum Gasteiger partial charge on any atom is 0.125 e. The average molecular weight is 342 g/mol. The van der Waals surface area contributed by atoms with E-state index in [4.69, 9.17) is 16.3 Å². The minimum atomic E-state index is -0.618. The van der Waals surface area contributed by atoms with Gasteiger partial charge in [0.05, 0.1) is 6.10 Å². The molecule has 0 heterocycles. The Hall–Kier alpha value is -1.03. The number of benzene rings is 2. The Morgan fingerprint density at radius 3 is 2.68 bits per heavy atom. The van der Waals surface area contributed by atoms with Crippen molar-refractivity contribution in [3.8, 4) is 5.75 Å². The first-order chi connectivity index (χ1) is 9.08. The molecule has 0 aliphatic rings. The standard InChI is InChI=1S/C15H14BrClO2/c1-10(18)13-8-12(17)6-7-15(13)19-9-11-4-2-3-5-14(11)16/h2-8,10,18H,9H2,1H3. The van der Waals surface area contributed by atoms with E-state index in [1.54, 1.807) is 25.1 Å². The zero-order chi connectivity index (χ0) is 13.8. The fourth-order valence-corrected chi connectivity index (χ4v) is 2.33. The number of hydrogen-bond acceptors (Lipinski definition) is 2. The number of aliphatic hydroxyl groups excluding tert-OH is 1. The second-order valence-electron chi connectivity index (χ2n) is 4.24. The minimum Gasteiger partial charge on any atom is -0.488 e. The van der Waals surface area contributed by atoms with Crippen molar-refractivity contribution in [2.45, 2.75) is 19.6 Å². The molecule has 1 atom stereocenters. The summed E-state index contributed by atoms with van der Waals surface area (Å²) in [7, 11) is 0. The topological polar surface area (TPSA) is 29.5 Å². The summed E-state index contributed by atoms with van der Waals surface area (Å²) in [5, 5.41) is 10.3. The van der Waals surface area contributed by atoms with Crippen LogP contribution in [0, 0.1) is 0 Å². The monoisotopic (exact) mass is 340 g/mol. The molecule has 1 unspecified atom stereocenters. The smallest absolute Gasteiger partial charge is 0.125 e. The van der Waals surface area contributed by atoms with Gasteiger partial charge in [-0.15, -0.1) is 0 Å². The first-order valence-corrected chi connectivity index (χ1v) is 7.08. The molecule has 0 aromatic heterocycles. The summed E-state index contributed by atoms with van der Waals surface area (Å²) in [5.41, 5.74) is 1.74. The van der Waals surface area contributed by atoms with Gasteiger partial charge in [-0.25, -0.2) is 0 Å². The van der Waals surface area contributed by atoms with Crippen LogP contribution in [0.2, 0.25) is 5.02 Å². The number of rotatable bonds is 4. The van der Waals surface area contributed by atoms with Crippen LogP contribution in [-0.2, 0) is 6.61 Å². The lowest BCUT2D eigenvalue weighted by Gasteiger charge is -2.14. The first kappa shape index (κ1) is 14.4. The van der Waals surface area contributed by atoms with Crippen LogP contribution in [0.1, 0.15) is 24.2 Å². The second-order valence-corrected chi connectivity index (χ2v) is 5.53. The van der Waals surface area contributed by atoms with Crippen molar-refractivity contribution in [1.82, 2.24) is 0 Å². The van der Waals surface area contributed by atoms with Crippen LogP contribution in [0.5, 0.6) is 5.75 Å². The quantitative estimate of drug-likeness (QED) is 0.870. The van der Waals surface area contributed by atoms with E-state index in [1.807, 2.05) is 24.3 Å². The van der Waals surface area contributed by atoms with Crippen LogP contribution in [0.25, 0.3) is 0 Å². The van der Waals surface area contributed by atoms with Crippen molar-refractivity contribution in [1.29, 1.82) is 0 Å². The molecule has 0 radical (unpaired) electrons. The third kappa shape index (κ3) is 3.72. The molecule has 0 spiro atoms. The van der Waals surface area contributed by atoms with Crippen molar-refractivity contribution < 1.29 is 9.84 Å². The largest absolute Gasteiger partial charge is 0.488 e. The molecule has 2 nitrogen and oxygen atoms in total. The number of hydrogen-bond donors (Lipinski definition) is 1. The molecule has 0 saturated heterocycles. The molecule has 19 heavy (non-hydrogen) atoms. The van der Waals surface area contributed by atoms with Gasteiger partial charge in [0, 0.05) is 20.6 Å².